The molecule has 0 aromatic heterocycles. The standard InChI is InChI=1S/C9H22O2Si/c1-4-12(5-2,6-3)11-9-7-8-10/h10H,4-9H2,1-3H3. The van der Waals surface area contributed by atoms with Crippen LogP contribution < -0.4 is 0 Å². The molecule has 1 N–H and O–H groups in total. The molecule has 3 heteroatoms. The topological polar surface area (TPSA) is 29.5 Å². The highest BCUT2D eigenvalue weighted by Gasteiger charge is 2.27. The Labute approximate surface area is 77.1 Å². The molecule has 0 aliphatic carbocycles. The van der Waals surface area contributed by atoms with Gasteiger partial charge in [0.2, 0.25) is 0 Å². The number of aliphatic hydroxyl groups is 1. The molecule has 0 aliphatic heterocycles. The Balaban J connectivity index is 3.76. The van der Waals surface area contributed by atoms with Gasteiger partial charge in [-0.1, -0.05) is 20.8 Å². The molecule has 74 valence electrons. The van der Waals surface area contributed by atoms with Crippen LogP contribution in [0.2, 0.25) is 18.1 Å². The maximum absolute atomic E-state index is 8.62. The average molecular weight is 190 g/mol. The Morgan fingerprint density at radius 3 is 1.92 bits per heavy atom. The number of hydrogen-bond acceptors (Lipinski definition) is 2. The molecule has 0 rings (SSSR count). The summed E-state index contributed by atoms with van der Waals surface area (Å²) in [7, 11) is -1.37. The van der Waals surface area contributed by atoms with Crippen LogP contribution in [0.25, 0.3) is 0 Å². The first kappa shape index (κ1) is 12.1. The quantitative estimate of drug-likeness (QED) is 0.493. The highest BCUT2D eigenvalue weighted by Crippen LogP contribution is 2.21. The van der Waals surface area contributed by atoms with Crippen LogP contribution in [0.3, 0.4) is 0 Å². The van der Waals surface area contributed by atoms with Gasteiger partial charge in [0.1, 0.15) is 0 Å². The van der Waals surface area contributed by atoms with Crippen LogP contribution in [-0.2, 0) is 4.43 Å². The lowest BCUT2D eigenvalue weighted by Gasteiger charge is -2.27. The first-order valence-corrected chi connectivity index (χ1v) is 7.52. The lowest BCUT2D eigenvalue weighted by Crippen LogP contribution is -2.36. The average Bonchev–Trinajstić information content (AvgIpc) is 2.14. The summed E-state index contributed by atoms with van der Waals surface area (Å²) in [4.78, 5) is 0. The molecule has 0 saturated heterocycles. The minimum absolute atomic E-state index is 0.252. The van der Waals surface area contributed by atoms with Crippen LogP contribution >= 0.6 is 0 Å². The van der Waals surface area contributed by atoms with Gasteiger partial charge in [-0.05, 0) is 24.6 Å². The highest BCUT2D eigenvalue weighted by atomic mass is 28.4. The van der Waals surface area contributed by atoms with E-state index in [-0.39, 0.29) is 6.61 Å². The van der Waals surface area contributed by atoms with E-state index in [0.717, 1.165) is 13.0 Å². The van der Waals surface area contributed by atoms with Crippen molar-refractivity contribution in [1.82, 2.24) is 0 Å². The van der Waals surface area contributed by atoms with Crippen molar-refractivity contribution in [2.45, 2.75) is 45.3 Å². The van der Waals surface area contributed by atoms with Gasteiger partial charge in [0, 0.05) is 13.2 Å². The third-order valence-corrected chi connectivity index (χ3v) is 7.33. The molecule has 0 amide bonds. The molecular formula is C9H22O2Si. The van der Waals surface area contributed by atoms with Crippen LogP contribution in [-0.4, -0.2) is 26.6 Å². The second-order valence-electron chi connectivity index (χ2n) is 3.17. The predicted molar refractivity (Wildman–Crippen MR) is 54.9 cm³/mol. The van der Waals surface area contributed by atoms with E-state index >= 15 is 0 Å². The first-order valence-electron chi connectivity index (χ1n) is 4.99. The van der Waals surface area contributed by atoms with Crippen molar-refractivity contribution in [2.24, 2.45) is 0 Å². The Bertz CT molecular complexity index is 94.4. The van der Waals surface area contributed by atoms with Crippen molar-refractivity contribution in [3.05, 3.63) is 0 Å². The van der Waals surface area contributed by atoms with Crippen molar-refractivity contribution in [3.63, 3.8) is 0 Å². The van der Waals surface area contributed by atoms with Crippen LogP contribution in [0, 0.1) is 0 Å². The molecule has 0 aliphatic rings. The molecule has 0 aromatic rings. The van der Waals surface area contributed by atoms with E-state index < -0.39 is 8.32 Å². The zero-order valence-electron chi connectivity index (χ0n) is 8.60. The second kappa shape index (κ2) is 6.63. The molecule has 2 nitrogen and oxygen atoms in total. The SMILES string of the molecule is CC[Si](CC)(CC)OCCCO. The predicted octanol–water partition coefficient (Wildman–Crippen LogP) is 2.39. The fourth-order valence-electron chi connectivity index (χ4n) is 1.41. The maximum Gasteiger partial charge on any atom is 0.191 e. The summed E-state index contributed by atoms with van der Waals surface area (Å²) in [5, 5.41) is 8.62. The largest absolute Gasteiger partial charge is 0.417 e. The van der Waals surface area contributed by atoms with E-state index in [4.69, 9.17) is 9.53 Å². The molecule has 0 fully saturated rings. The van der Waals surface area contributed by atoms with Gasteiger partial charge in [-0.25, -0.2) is 0 Å². The summed E-state index contributed by atoms with van der Waals surface area (Å²) in [6, 6.07) is 3.60. The fraction of sp³-hybridized carbons (Fsp3) is 1.00. The minimum Gasteiger partial charge on any atom is -0.417 e. The summed E-state index contributed by atoms with van der Waals surface area (Å²) in [6.07, 6.45) is 0.786. The third kappa shape index (κ3) is 3.69. The maximum atomic E-state index is 8.62. The van der Waals surface area contributed by atoms with Crippen LogP contribution in [0.15, 0.2) is 0 Å². The Morgan fingerprint density at radius 2 is 1.58 bits per heavy atom. The van der Waals surface area contributed by atoms with Crippen LogP contribution in [0.5, 0.6) is 0 Å². The van der Waals surface area contributed by atoms with E-state index in [0.29, 0.717) is 0 Å². The first-order chi connectivity index (χ1) is 5.74. The molecule has 0 atom stereocenters. The highest BCUT2D eigenvalue weighted by molar-refractivity contribution is 6.73. The zero-order chi connectivity index (χ0) is 9.45. The van der Waals surface area contributed by atoms with E-state index in [9.17, 15) is 0 Å². The van der Waals surface area contributed by atoms with E-state index in [1.54, 1.807) is 0 Å². The van der Waals surface area contributed by atoms with Gasteiger partial charge in [-0.15, -0.1) is 0 Å². The van der Waals surface area contributed by atoms with E-state index in [1.165, 1.54) is 18.1 Å². The molecule has 0 aromatic carbocycles. The van der Waals surface area contributed by atoms with Gasteiger partial charge < -0.3 is 9.53 Å². The minimum atomic E-state index is -1.37. The lowest BCUT2D eigenvalue weighted by atomic mass is 10.5. The van der Waals surface area contributed by atoms with Crippen molar-refractivity contribution >= 4 is 8.32 Å². The number of hydrogen-bond donors (Lipinski definition) is 1. The summed E-state index contributed by atoms with van der Waals surface area (Å²) in [5.74, 6) is 0. The lowest BCUT2D eigenvalue weighted by molar-refractivity contribution is 0.226. The smallest absolute Gasteiger partial charge is 0.191 e. The molecule has 0 saturated carbocycles. The third-order valence-electron chi connectivity index (χ3n) is 2.64. The summed E-state index contributed by atoms with van der Waals surface area (Å²) in [6.45, 7) is 7.66. The van der Waals surface area contributed by atoms with Gasteiger partial charge in [0.05, 0.1) is 0 Å². The molecule has 0 radical (unpaired) electrons. The molecule has 0 unspecified atom stereocenters. The van der Waals surface area contributed by atoms with Gasteiger partial charge >= 0.3 is 0 Å². The molecular weight excluding hydrogens is 168 g/mol. The van der Waals surface area contributed by atoms with Crippen LogP contribution in [0.4, 0.5) is 0 Å². The van der Waals surface area contributed by atoms with Crippen molar-refractivity contribution in [1.29, 1.82) is 0 Å². The van der Waals surface area contributed by atoms with Gasteiger partial charge in [-0.3, -0.25) is 0 Å². The zero-order valence-corrected chi connectivity index (χ0v) is 9.60. The molecule has 12 heavy (non-hydrogen) atoms. The Kier molecular flexibility index (Phi) is 6.71. The van der Waals surface area contributed by atoms with Gasteiger partial charge in [-0.2, -0.15) is 0 Å². The number of aliphatic hydroxyl groups excluding tert-OH is 1. The van der Waals surface area contributed by atoms with E-state index in [2.05, 4.69) is 20.8 Å². The summed E-state index contributed by atoms with van der Waals surface area (Å²) in [5.41, 5.74) is 0. The summed E-state index contributed by atoms with van der Waals surface area (Å²) >= 11 is 0. The summed E-state index contributed by atoms with van der Waals surface area (Å²) < 4.78 is 5.90. The monoisotopic (exact) mass is 190 g/mol. The van der Waals surface area contributed by atoms with Crippen molar-refractivity contribution in [2.75, 3.05) is 13.2 Å². The number of rotatable bonds is 7. The molecule has 0 heterocycles. The molecule has 0 spiro atoms. The van der Waals surface area contributed by atoms with Crippen LogP contribution in [0.1, 0.15) is 27.2 Å². The van der Waals surface area contributed by atoms with Crippen molar-refractivity contribution < 1.29 is 9.53 Å². The fourth-order valence-corrected chi connectivity index (χ4v) is 4.10. The van der Waals surface area contributed by atoms with Gasteiger partial charge in [0.15, 0.2) is 8.32 Å². The van der Waals surface area contributed by atoms with Crippen molar-refractivity contribution in [3.8, 4) is 0 Å². The van der Waals surface area contributed by atoms with E-state index in [1.807, 2.05) is 0 Å². The Hall–Kier alpha value is 0.137. The Morgan fingerprint density at radius 1 is 1.08 bits per heavy atom. The molecule has 0 bridgehead atoms. The van der Waals surface area contributed by atoms with Gasteiger partial charge in [0.25, 0.3) is 0 Å². The normalized spacial score (nSPS) is 12.0. The second-order valence-corrected chi connectivity index (χ2v) is 7.95.